The Morgan fingerprint density at radius 1 is 1.29 bits per heavy atom. The average molecular weight is 332 g/mol. The van der Waals surface area contributed by atoms with Crippen molar-refractivity contribution in [2.24, 2.45) is 5.92 Å². The van der Waals surface area contributed by atoms with Crippen molar-refractivity contribution in [1.29, 1.82) is 0 Å². The van der Waals surface area contributed by atoms with Crippen LogP contribution < -0.4 is 10.6 Å². The van der Waals surface area contributed by atoms with E-state index >= 15 is 0 Å². The zero-order chi connectivity index (χ0) is 16.8. The van der Waals surface area contributed by atoms with E-state index < -0.39 is 0 Å². The van der Waals surface area contributed by atoms with E-state index in [1.165, 1.54) is 12.8 Å². The van der Waals surface area contributed by atoms with E-state index in [0.717, 1.165) is 37.7 Å². The van der Waals surface area contributed by atoms with E-state index in [9.17, 15) is 9.90 Å². The maximum absolute atomic E-state index is 12.1. The molecule has 24 heavy (non-hydrogen) atoms. The summed E-state index contributed by atoms with van der Waals surface area (Å²) >= 11 is 0. The maximum atomic E-state index is 12.1. The van der Waals surface area contributed by atoms with Gasteiger partial charge in [0.05, 0.1) is 0 Å². The molecule has 0 bridgehead atoms. The van der Waals surface area contributed by atoms with Gasteiger partial charge in [-0.05, 0) is 44.2 Å². The minimum absolute atomic E-state index is 0.0117. The highest BCUT2D eigenvalue weighted by molar-refractivity contribution is 5.74. The van der Waals surface area contributed by atoms with Crippen molar-refractivity contribution in [3.8, 4) is 0 Å². The third-order valence-corrected chi connectivity index (χ3v) is 4.96. The summed E-state index contributed by atoms with van der Waals surface area (Å²) in [5.74, 6) is -0.0117. The molecule has 1 saturated heterocycles. The van der Waals surface area contributed by atoms with Crippen LogP contribution in [0.1, 0.15) is 31.4 Å². The van der Waals surface area contributed by atoms with Gasteiger partial charge >= 0.3 is 6.03 Å². The summed E-state index contributed by atoms with van der Waals surface area (Å²) in [6.45, 7) is 2.68. The molecule has 1 aromatic heterocycles. The fourth-order valence-corrected chi connectivity index (χ4v) is 3.34. The van der Waals surface area contributed by atoms with Crippen LogP contribution in [0, 0.1) is 5.92 Å². The van der Waals surface area contributed by atoms with Gasteiger partial charge in [-0.3, -0.25) is 4.98 Å². The van der Waals surface area contributed by atoms with Gasteiger partial charge in [-0.25, -0.2) is 4.79 Å². The molecule has 1 aromatic rings. The average Bonchev–Trinajstić information content (AvgIpc) is 3.45. The molecule has 2 aliphatic rings. The summed E-state index contributed by atoms with van der Waals surface area (Å²) in [6.07, 6.45) is 7.16. The Balaban J connectivity index is 1.35. The Hall–Kier alpha value is -1.66. The fraction of sp³-hybridized carbons (Fsp3) is 0.667. The van der Waals surface area contributed by atoms with Gasteiger partial charge in [-0.1, -0.05) is 6.07 Å². The summed E-state index contributed by atoms with van der Waals surface area (Å²) in [6, 6.07) is 6.71. The van der Waals surface area contributed by atoms with Gasteiger partial charge in [-0.15, -0.1) is 0 Å². The second-order valence-corrected chi connectivity index (χ2v) is 6.97. The number of hydrogen-bond acceptors (Lipinski definition) is 4. The van der Waals surface area contributed by atoms with Crippen LogP contribution in [0.5, 0.6) is 0 Å². The predicted octanol–water partition coefficient (Wildman–Crippen LogP) is 1.16. The van der Waals surface area contributed by atoms with E-state index in [-0.39, 0.29) is 24.6 Å². The highest BCUT2D eigenvalue weighted by Gasteiger charge is 2.32. The van der Waals surface area contributed by atoms with Gasteiger partial charge in [0, 0.05) is 56.1 Å². The molecule has 1 unspecified atom stereocenters. The Bertz CT molecular complexity index is 513. The standard InChI is InChI=1S/C18H28N4O2/c23-13-14(11-16-3-1-2-8-19-16)12-20-18(24)21-15-6-9-22(10-7-15)17-4-5-17/h1-3,8,14-15,17,23H,4-7,9-13H2,(H2,20,21,24). The van der Waals surface area contributed by atoms with Crippen LogP contribution in [0.3, 0.4) is 0 Å². The van der Waals surface area contributed by atoms with Crippen molar-refractivity contribution in [3.63, 3.8) is 0 Å². The van der Waals surface area contributed by atoms with E-state index in [1.54, 1.807) is 6.20 Å². The summed E-state index contributed by atoms with van der Waals surface area (Å²) in [5.41, 5.74) is 0.936. The molecular formula is C18H28N4O2. The van der Waals surface area contributed by atoms with Crippen molar-refractivity contribution < 1.29 is 9.90 Å². The maximum Gasteiger partial charge on any atom is 0.315 e. The number of aliphatic hydroxyl groups is 1. The second-order valence-electron chi connectivity index (χ2n) is 6.97. The number of urea groups is 1. The monoisotopic (exact) mass is 332 g/mol. The highest BCUT2D eigenvalue weighted by Crippen LogP contribution is 2.29. The van der Waals surface area contributed by atoms with E-state index in [1.807, 2.05) is 18.2 Å². The number of aromatic nitrogens is 1. The molecule has 0 spiro atoms. The Labute approximate surface area is 143 Å². The van der Waals surface area contributed by atoms with E-state index in [0.29, 0.717) is 13.0 Å². The molecular weight excluding hydrogens is 304 g/mol. The Kier molecular flexibility index (Phi) is 6.04. The second kappa shape index (κ2) is 8.44. The molecule has 1 saturated carbocycles. The molecule has 0 aromatic carbocycles. The van der Waals surface area contributed by atoms with Crippen LogP contribution in [0.15, 0.2) is 24.4 Å². The van der Waals surface area contributed by atoms with Gasteiger partial charge in [0.2, 0.25) is 0 Å². The van der Waals surface area contributed by atoms with Crippen LogP contribution in [-0.2, 0) is 6.42 Å². The van der Waals surface area contributed by atoms with Crippen LogP contribution >= 0.6 is 0 Å². The van der Waals surface area contributed by atoms with Crippen LogP contribution in [-0.4, -0.2) is 59.3 Å². The first-order valence-electron chi connectivity index (χ1n) is 9.04. The van der Waals surface area contributed by atoms with Crippen LogP contribution in [0.4, 0.5) is 4.79 Å². The van der Waals surface area contributed by atoms with E-state index in [4.69, 9.17) is 0 Å². The first kappa shape index (κ1) is 17.2. The minimum atomic E-state index is -0.126. The number of aliphatic hydroxyl groups excluding tert-OH is 1. The van der Waals surface area contributed by atoms with Crippen molar-refractivity contribution in [2.45, 2.75) is 44.2 Å². The lowest BCUT2D eigenvalue weighted by Crippen LogP contribution is -2.49. The number of piperidine rings is 1. The summed E-state index contributed by atoms with van der Waals surface area (Å²) in [5, 5.41) is 15.5. The minimum Gasteiger partial charge on any atom is -0.396 e. The Morgan fingerprint density at radius 3 is 2.71 bits per heavy atom. The molecule has 1 atom stereocenters. The Morgan fingerprint density at radius 2 is 2.08 bits per heavy atom. The number of nitrogens with one attached hydrogen (secondary N) is 2. The lowest BCUT2D eigenvalue weighted by atomic mass is 10.0. The number of amides is 2. The highest BCUT2D eigenvalue weighted by atomic mass is 16.3. The van der Waals surface area contributed by atoms with Crippen LogP contribution in [0.2, 0.25) is 0 Å². The summed E-state index contributed by atoms with van der Waals surface area (Å²) in [7, 11) is 0. The fourth-order valence-electron chi connectivity index (χ4n) is 3.34. The SMILES string of the molecule is O=C(NCC(CO)Cc1ccccn1)NC1CCN(C2CC2)CC1. The molecule has 2 fully saturated rings. The summed E-state index contributed by atoms with van der Waals surface area (Å²) in [4.78, 5) is 18.9. The quantitative estimate of drug-likeness (QED) is 0.700. The largest absolute Gasteiger partial charge is 0.396 e. The molecule has 3 N–H and O–H groups in total. The van der Waals surface area contributed by atoms with Gasteiger partial charge in [-0.2, -0.15) is 0 Å². The number of carbonyl (C=O) groups is 1. The number of rotatable bonds is 7. The molecule has 6 nitrogen and oxygen atoms in total. The van der Waals surface area contributed by atoms with Gasteiger partial charge in [0.25, 0.3) is 0 Å². The van der Waals surface area contributed by atoms with Crippen molar-refractivity contribution in [3.05, 3.63) is 30.1 Å². The van der Waals surface area contributed by atoms with E-state index in [2.05, 4.69) is 20.5 Å². The number of pyridine rings is 1. The van der Waals surface area contributed by atoms with Gasteiger partial charge < -0.3 is 20.6 Å². The molecule has 2 heterocycles. The summed E-state index contributed by atoms with van der Waals surface area (Å²) < 4.78 is 0. The molecule has 1 aliphatic heterocycles. The van der Waals surface area contributed by atoms with Crippen molar-refractivity contribution >= 4 is 6.03 Å². The molecule has 3 rings (SSSR count). The predicted molar refractivity (Wildman–Crippen MR) is 92.7 cm³/mol. The molecule has 6 heteroatoms. The number of hydrogen-bond donors (Lipinski definition) is 3. The number of likely N-dealkylation sites (tertiary alicyclic amines) is 1. The van der Waals surface area contributed by atoms with Crippen molar-refractivity contribution in [2.75, 3.05) is 26.2 Å². The molecule has 1 aliphatic carbocycles. The number of carbonyl (C=O) groups excluding carboxylic acids is 1. The first-order valence-corrected chi connectivity index (χ1v) is 9.04. The normalized spacial score (nSPS) is 20.5. The lowest BCUT2D eigenvalue weighted by molar-refractivity contribution is 0.183. The zero-order valence-electron chi connectivity index (χ0n) is 14.2. The topological polar surface area (TPSA) is 77.5 Å². The van der Waals surface area contributed by atoms with Crippen molar-refractivity contribution in [1.82, 2.24) is 20.5 Å². The van der Waals surface area contributed by atoms with Gasteiger partial charge in [0.1, 0.15) is 0 Å². The number of nitrogens with zero attached hydrogens (tertiary/aromatic N) is 2. The lowest BCUT2D eigenvalue weighted by Gasteiger charge is -2.32. The first-order chi connectivity index (χ1) is 11.7. The molecule has 0 radical (unpaired) electrons. The molecule has 2 amide bonds. The smallest absolute Gasteiger partial charge is 0.315 e. The third-order valence-electron chi connectivity index (χ3n) is 4.96. The van der Waals surface area contributed by atoms with Gasteiger partial charge in [0.15, 0.2) is 0 Å². The zero-order valence-corrected chi connectivity index (χ0v) is 14.2. The van der Waals surface area contributed by atoms with Crippen LogP contribution in [0.25, 0.3) is 0 Å². The molecule has 132 valence electrons. The third kappa shape index (κ3) is 5.18.